The highest BCUT2D eigenvalue weighted by Gasteiger charge is 2.07. The van der Waals surface area contributed by atoms with Gasteiger partial charge < -0.3 is 4.98 Å². The zero-order valence-corrected chi connectivity index (χ0v) is 16.5. The van der Waals surface area contributed by atoms with Gasteiger partial charge in [0, 0.05) is 27.5 Å². The molecule has 2 heterocycles. The van der Waals surface area contributed by atoms with Crippen LogP contribution in [0.2, 0.25) is 0 Å². The van der Waals surface area contributed by atoms with E-state index in [0.29, 0.717) is 0 Å². The van der Waals surface area contributed by atoms with Crippen LogP contribution < -0.4 is 5.43 Å². The lowest BCUT2D eigenvalue weighted by Gasteiger charge is -2.05. The fourth-order valence-electron chi connectivity index (χ4n) is 3.20. The maximum absolute atomic E-state index is 12.2. The average molecular weight is 388 g/mol. The number of pyridine rings is 1. The molecule has 6 heteroatoms. The van der Waals surface area contributed by atoms with Crippen LogP contribution in [0.15, 0.2) is 64.7 Å². The van der Waals surface area contributed by atoms with E-state index in [0.717, 1.165) is 43.7 Å². The summed E-state index contributed by atoms with van der Waals surface area (Å²) in [6, 6.07) is 18.1. The van der Waals surface area contributed by atoms with Gasteiger partial charge in [-0.25, -0.2) is 10.4 Å². The molecule has 0 unspecified atom stereocenters. The van der Waals surface area contributed by atoms with Gasteiger partial charge in [0.2, 0.25) is 5.91 Å². The van der Waals surface area contributed by atoms with E-state index in [9.17, 15) is 4.79 Å². The van der Waals surface area contributed by atoms with Gasteiger partial charge in [-0.3, -0.25) is 4.79 Å². The fourth-order valence-corrected chi connectivity index (χ4v) is 3.96. The number of fused-ring (bicyclic) bond motifs is 2. The van der Waals surface area contributed by atoms with Crippen molar-refractivity contribution < 1.29 is 4.79 Å². The quantitative estimate of drug-likeness (QED) is 0.299. The van der Waals surface area contributed by atoms with Crippen LogP contribution >= 0.6 is 11.8 Å². The highest BCUT2D eigenvalue weighted by atomic mass is 32.2. The van der Waals surface area contributed by atoms with E-state index in [1.54, 1.807) is 6.21 Å². The van der Waals surface area contributed by atoms with Crippen LogP contribution in [0.1, 0.15) is 16.8 Å². The molecular weight excluding hydrogens is 368 g/mol. The summed E-state index contributed by atoms with van der Waals surface area (Å²) >= 11 is 1.41. The third kappa shape index (κ3) is 3.77. The van der Waals surface area contributed by atoms with Gasteiger partial charge in [-0.15, -0.1) is 0 Å². The molecular formula is C22H20N4OS. The number of nitrogens with zero attached hydrogens (tertiary/aromatic N) is 2. The molecule has 0 fully saturated rings. The Bertz CT molecular complexity index is 1200. The van der Waals surface area contributed by atoms with Crippen LogP contribution in [0.5, 0.6) is 0 Å². The summed E-state index contributed by atoms with van der Waals surface area (Å²) in [6.07, 6.45) is 1.69. The van der Waals surface area contributed by atoms with E-state index in [4.69, 9.17) is 0 Å². The fraction of sp³-hybridized carbons (Fsp3) is 0.136. The maximum atomic E-state index is 12.2. The minimum Gasteiger partial charge on any atom is -0.358 e. The third-order valence-corrected chi connectivity index (χ3v) is 5.49. The summed E-state index contributed by atoms with van der Waals surface area (Å²) in [6.45, 7) is 4.05. The molecule has 2 N–H and O–H groups in total. The average Bonchev–Trinajstić information content (AvgIpc) is 3.02. The first-order valence-corrected chi connectivity index (χ1v) is 9.99. The van der Waals surface area contributed by atoms with Crippen molar-refractivity contribution >= 4 is 45.7 Å². The molecule has 140 valence electrons. The van der Waals surface area contributed by atoms with Crippen LogP contribution in [0.25, 0.3) is 21.8 Å². The summed E-state index contributed by atoms with van der Waals surface area (Å²) < 4.78 is 0. The Hall–Kier alpha value is -3.12. The van der Waals surface area contributed by atoms with E-state index >= 15 is 0 Å². The normalized spacial score (nSPS) is 11.5. The van der Waals surface area contributed by atoms with Crippen LogP contribution in [0.4, 0.5) is 0 Å². The van der Waals surface area contributed by atoms with Crippen molar-refractivity contribution in [2.45, 2.75) is 18.9 Å². The van der Waals surface area contributed by atoms with Crippen molar-refractivity contribution in [3.63, 3.8) is 0 Å². The zero-order valence-electron chi connectivity index (χ0n) is 15.7. The molecule has 0 bridgehead atoms. The number of carbonyl (C=O) groups excluding carboxylic acids is 1. The van der Waals surface area contributed by atoms with Gasteiger partial charge in [-0.05, 0) is 37.6 Å². The van der Waals surface area contributed by atoms with E-state index in [1.165, 1.54) is 11.8 Å². The van der Waals surface area contributed by atoms with Gasteiger partial charge >= 0.3 is 0 Å². The lowest BCUT2D eigenvalue weighted by Crippen LogP contribution is -2.19. The number of aryl methyl sites for hydroxylation is 2. The highest BCUT2D eigenvalue weighted by Crippen LogP contribution is 2.23. The number of hydrogen-bond donors (Lipinski definition) is 2. The number of thioether (sulfide) groups is 1. The van der Waals surface area contributed by atoms with Gasteiger partial charge in [0.15, 0.2) is 0 Å². The number of benzene rings is 2. The topological polar surface area (TPSA) is 70.1 Å². The molecule has 0 radical (unpaired) electrons. The molecule has 1 amide bonds. The van der Waals surface area contributed by atoms with Crippen molar-refractivity contribution in [1.29, 1.82) is 0 Å². The Morgan fingerprint density at radius 1 is 1.14 bits per heavy atom. The largest absolute Gasteiger partial charge is 0.358 e. The first kappa shape index (κ1) is 18.3. The number of hydrogen-bond acceptors (Lipinski definition) is 4. The van der Waals surface area contributed by atoms with E-state index < -0.39 is 0 Å². The van der Waals surface area contributed by atoms with E-state index in [-0.39, 0.29) is 11.7 Å². The van der Waals surface area contributed by atoms with Crippen molar-refractivity contribution in [3.8, 4) is 0 Å². The van der Waals surface area contributed by atoms with Crippen molar-refractivity contribution in [2.24, 2.45) is 5.10 Å². The molecule has 0 atom stereocenters. The number of nitrogens with one attached hydrogen (secondary N) is 2. The number of amides is 1. The van der Waals surface area contributed by atoms with Crippen LogP contribution in [0, 0.1) is 13.8 Å². The Morgan fingerprint density at radius 2 is 1.89 bits per heavy atom. The lowest BCUT2D eigenvalue weighted by molar-refractivity contribution is -0.118. The summed E-state index contributed by atoms with van der Waals surface area (Å²) in [5.41, 5.74) is 7.76. The van der Waals surface area contributed by atoms with Gasteiger partial charge in [0.05, 0.1) is 22.5 Å². The third-order valence-electron chi connectivity index (χ3n) is 4.58. The molecule has 5 nitrogen and oxygen atoms in total. The number of para-hydroxylation sites is 2. The maximum Gasteiger partial charge on any atom is 0.250 e. The number of hydrazone groups is 1. The minimum atomic E-state index is -0.161. The molecule has 0 aliphatic carbocycles. The number of H-pyrrole nitrogens is 1. The predicted octanol–water partition coefficient (Wildman–Crippen LogP) is 4.58. The van der Waals surface area contributed by atoms with E-state index in [1.807, 2.05) is 55.5 Å². The second-order valence-electron chi connectivity index (χ2n) is 6.59. The summed E-state index contributed by atoms with van der Waals surface area (Å²) in [4.78, 5) is 20.1. The lowest BCUT2D eigenvalue weighted by atomic mass is 10.1. The second-order valence-corrected chi connectivity index (χ2v) is 7.58. The molecule has 0 saturated carbocycles. The van der Waals surface area contributed by atoms with Gasteiger partial charge in [-0.1, -0.05) is 48.2 Å². The minimum absolute atomic E-state index is 0.161. The first-order valence-electron chi connectivity index (χ1n) is 9.00. The Kier molecular flexibility index (Phi) is 5.12. The first-order chi connectivity index (χ1) is 13.6. The molecule has 0 saturated heterocycles. The van der Waals surface area contributed by atoms with Gasteiger partial charge in [-0.2, -0.15) is 5.10 Å². The molecule has 0 aliphatic heterocycles. The number of aromatic amines is 1. The number of rotatable bonds is 5. The molecule has 4 rings (SSSR count). The van der Waals surface area contributed by atoms with Crippen molar-refractivity contribution in [2.75, 3.05) is 5.75 Å². The van der Waals surface area contributed by atoms with Crippen molar-refractivity contribution in [3.05, 3.63) is 71.4 Å². The number of aromatic nitrogens is 2. The van der Waals surface area contributed by atoms with E-state index in [2.05, 4.69) is 33.5 Å². The van der Waals surface area contributed by atoms with Crippen LogP contribution in [-0.2, 0) is 4.79 Å². The summed E-state index contributed by atoms with van der Waals surface area (Å²) in [5, 5.41) is 7.18. The highest BCUT2D eigenvalue weighted by molar-refractivity contribution is 7.99. The molecule has 28 heavy (non-hydrogen) atoms. The molecule has 0 aliphatic rings. The predicted molar refractivity (Wildman–Crippen MR) is 116 cm³/mol. The monoisotopic (exact) mass is 388 g/mol. The Labute approximate surface area is 167 Å². The summed E-state index contributed by atoms with van der Waals surface area (Å²) in [7, 11) is 0. The van der Waals surface area contributed by atoms with Crippen molar-refractivity contribution in [1.82, 2.24) is 15.4 Å². The Morgan fingerprint density at radius 3 is 2.75 bits per heavy atom. The molecule has 4 aromatic rings. The van der Waals surface area contributed by atoms with Crippen LogP contribution in [-0.4, -0.2) is 27.8 Å². The second kappa shape index (κ2) is 7.86. The molecule has 2 aromatic carbocycles. The molecule has 0 spiro atoms. The smallest absolute Gasteiger partial charge is 0.250 e. The zero-order chi connectivity index (χ0) is 19.5. The van der Waals surface area contributed by atoms with Gasteiger partial charge in [0.25, 0.3) is 0 Å². The standard InChI is InChI=1S/C22H20N4OS/c1-14-11-22(25-19-9-5-3-7-16(14)19)28-13-21(27)26-23-12-18-15(2)24-20-10-6-4-8-17(18)20/h3-12,24H,13H2,1-2H3,(H,26,27)/b23-12-. The summed E-state index contributed by atoms with van der Waals surface area (Å²) in [5.74, 6) is 0.0981. The Balaban J connectivity index is 1.40. The molecule has 2 aromatic heterocycles. The van der Waals surface area contributed by atoms with Crippen LogP contribution in [0.3, 0.4) is 0 Å². The van der Waals surface area contributed by atoms with Gasteiger partial charge in [0.1, 0.15) is 0 Å². The SMILES string of the molecule is Cc1[nH]c2ccccc2c1/C=N\NC(=O)CSc1cc(C)c2ccccc2n1. The number of carbonyl (C=O) groups is 1.